The monoisotopic (exact) mass is 717 g/mol. The van der Waals surface area contributed by atoms with Gasteiger partial charge in [-0.1, -0.05) is 137 Å². The van der Waals surface area contributed by atoms with Crippen molar-refractivity contribution in [2.24, 2.45) is 0 Å². The molecule has 2 heterocycles. The van der Waals surface area contributed by atoms with E-state index in [2.05, 4.69) is 0 Å². The average Bonchev–Trinajstić information content (AvgIpc) is 3.33. The van der Waals surface area contributed by atoms with Crippen LogP contribution in [-0.4, -0.2) is 58.2 Å². The molecule has 1 fully saturated rings. The lowest BCUT2D eigenvalue weighted by molar-refractivity contribution is -0.205. The maximum Gasteiger partial charge on any atom is 0.263 e. The molecule has 46 heavy (non-hydrogen) atoms. The Morgan fingerprint density at radius 2 is 1.22 bits per heavy atom. The number of imide groups is 1. The fourth-order valence-corrected chi connectivity index (χ4v) is 7.72. The molecule has 2 aliphatic rings. The van der Waals surface area contributed by atoms with Crippen molar-refractivity contribution in [3.63, 3.8) is 0 Å². The minimum Gasteiger partial charge on any atom is -0.388 e. The van der Waals surface area contributed by atoms with Crippen molar-refractivity contribution in [1.82, 2.24) is 4.90 Å². The zero-order chi connectivity index (χ0) is 32.4. The smallest absolute Gasteiger partial charge is 0.263 e. The minimum absolute atomic E-state index is 0.0187. The van der Waals surface area contributed by atoms with E-state index in [1.807, 2.05) is 91.0 Å². The lowest BCUT2D eigenvalue weighted by atomic mass is 9.96. The lowest BCUT2D eigenvalue weighted by Gasteiger charge is -2.47. The van der Waals surface area contributed by atoms with E-state index in [0.717, 1.165) is 20.9 Å². The van der Waals surface area contributed by atoms with Gasteiger partial charge in [0, 0.05) is 4.90 Å². The van der Waals surface area contributed by atoms with Gasteiger partial charge in [0.05, 0.1) is 51.0 Å². The molecule has 4 aromatic carbocycles. The Balaban J connectivity index is 1.38. The fraction of sp³-hybridized carbons (Fsp3) is 0.235. The Labute approximate surface area is 290 Å². The SMILES string of the molecule is O=C1c2c(Cl)c(Cl)c(Cl)c(Cl)c2C(=O)N1C1C(Sc2ccccc2)OC(COCc2ccccc2)C(O)C1OCc1ccccc1. The molecule has 0 bridgehead atoms. The van der Waals surface area contributed by atoms with Crippen LogP contribution in [0.3, 0.4) is 0 Å². The van der Waals surface area contributed by atoms with Gasteiger partial charge in [-0.15, -0.1) is 0 Å². The average molecular weight is 719 g/mol. The van der Waals surface area contributed by atoms with Crippen molar-refractivity contribution in [1.29, 1.82) is 0 Å². The lowest BCUT2D eigenvalue weighted by Crippen LogP contribution is -2.65. The molecule has 4 aromatic rings. The van der Waals surface area contributed by atoms with Gasteiger partial charge in [0.25, 0.3) is 11.8 Å². The van der Waals surface area contributed by atoms with E-state index < -0.39 is 41.6 Å². The van der Waals surface area contributed by atoms with Crippen molar-refractivity contribution in [3.8, 4) is 0 Å². The van der Waals surface area contributed by atoms with Crippen molar-refractivity contribution >= 4 is 70.0 Å². The molecule has 1 N–H and O–H groups in total. The maximum atomic E-state index is 14.1. The number of hydrogen-bond donors (Lipinski definition) is 1. The largest absolute Gasteiger partial charge is 0.388 e. The highest BCUT2D eigenvalue weighted by Gasteiger charge is 2.55. The first-order valence-electron chi connectivity index (χ1n) is 14.3. The standard InChI is InChI=1S/C34H27Cl4NO6S/c35-25-23-24(26(36)28(38)27(25)37)33(42)39(32(23)41)29-31(44-17-20-12-6-2-7-13-20)30(40)22(18-43-16-19-10-4-1-5-11-19)45-34(29)46-21-14-8-3-9-15-21/h1-15,22,29-31,34,40H,16-18H2. The van der Waals surface area contributed by atoms with Crippen LogP contribution in [0.5, 0.6) is 0 Å². The highest BCUT2D eigenvalue weighted by atomic mass is 35.5. The second-order valence-electron chi connectivity index (χ2n) is 10.7. The van der Waals surface area contributed by atoms with Crippen LogP contribution in [0.1, 0.15) is 31.8 Å². The number of carbonyl (C=O) groups excluding carboxylic acids is 2. The topological polar surface area (TPSA) is 85.3 Å². The molecular weight excluding hydrogens is 692 g/mol. The van der Waals surface area contributed by atoms with Gasteiger partial charge in [-0.05, 0) is 23.3 Å². The predicted octanol–water partition coefficient (Wildman–Crippen LogP) is 7.95. The molecule has 7 nitrogen and oxygen atoms in total. The van der Waals surface area contributed by atoms with Crippen LogP contribution in [0.2, 0.25) is 20.1 Å². The quantitative estimate of drug-likeness (QED) is 0.101. The van der Waals surface area contributed by atoms with Gasteiger partial charge in [-0.2, -0.15) is 0 Å². The summed E-state index contributed by atoms with van der Waals surface area (Å²) in [6.45, 7) is 0.395. The molecule has 238 valence electrons. The van der Waals surface area contributed by atoms with Crippen LogP contribution in [0.15, 0.2) is 95.9 Å². The van der Waals surface area contributed by atoms with E-state index in [-0.39, 0.29) is 44.4 Å². The van der Waals surface area contributed by atoms with Gasteiger partial charge in [0.1, 0.15) is 29.8 Å². The molecule has 5 atom stereocenters. The third-order valence-electron chi connectivity index (χ3n) is 7.75. The van der Waals surface area contributed by atoms with Crippen LogP contribution in [0, 0.1) is 0 Å². The van der Waals surface area contributed by atoms with Gasteiger partial charge in [0.15, 0.2) is 0 Å². The predicted molar refractivity (Wildman–Crippen MR) is 179 cm³/mol. The third kappa shape index (κ3) is 6.69. The summed E-state index contributed by atoms with van der Waals surface area (Å²) < 4.78 is 18.9. The molecule has 0 aliphatic carbocycles. The van der Waals surface area contributed by atoms with E-state index in [1.54, 1.807) is 0 Å². The van der Waals surface area contributed by atoms with Crippen molar-refractivity contribution in [3.05, 3.63) is 133 Å². The molecule has 6 rings (SSSR count). The zero-order valence-electron chi connectivity index (χ0n) is 24.0. The highest BCUT2D eigenvalue weighted by molar-refractivity contribution is 7.99. The number of aliphatic hydroxyl groups excluding tert-OH is 1. The first kappa shape index (κ1) is 33.3. The number of thioether (sulfide) groups is 1. The van der Waals surface area contributed by atoms with Gasteiger partial charge in [-0.25, -0.2) is 0 Å². The Bertz CT molecular complexity index is 1670. The number of amides is 2. The number of rotatable bonds is 10. The first-order chi connectivity index (χ1) is 22.3. The number of hydrogen-bond acceptors (Lipinski definition) is 7. The van der Waals surface area contributed by atoms with Crippen LogP contribution >= 0.6 is 58.2 Å². The van der Waals surface area contributed by atoms with Gasteiger partial charge >= 0.3 is 0 Å². The van der Waals surface area contributed by atoms with Crippen molar-refractivity contribution < 1.29 is 28.9 Å². The van der Waals surface area contributed by atoms with Gasteiger partial charge in [-0.3, -0.25) is 14.5 Å². The highest BCUT2D eigenvalue weighted by Crippen LogP contribution is 2.47. The second kappa shape index (κ2) is 14.6. The molecule has 2 amide bonds. The molecule has 0 spiro atoms. The number of benzene rings is 4. The van der Waals surface area contributed by atoms with Crippen molar-refractivity contribution in [2.45, 2.75) is 47.9 Å². The molecular formula is C34H27Cl4NO6S. The summed E-state index contributed by atoms with van der Waals surface area (Å²) in [4.78, 5) is 30.0. The summed E-state index contributed by atoms with van der Waals surface area (Å²) in [7, 11) is 0. The van der Waals surface area contributed by atoms with E-state index in [1.165, 1.54) is 11.8 Å². The Morgan fingerprint density at radius 3 is 1.76 bits per heavy atom. The second-order valence-corrected chi connectivity index (χ2v) is 13.4. The molecule has 12 heteroatoms. The number of halogens is 4. The number of carbonyl (C=O) groups is 2. The zero-order valence-corrected chi connectivity index (χ0v) is 27.9. The van der Waals surface area contributed by atoms with E-state index in [0.29, 0.717) is 6.61 Å². The Hall–Kier alpha value is -2.63. The normalized spacial score (nSPS) is 22.7. The summed E-state index contributed by atoms with van der Waals surface area (Å²) in [5, 5.41) is 11.2. The van der Waals surface area contributed by atoms with E-state index in [4.69, 9.17) is 60.6 Å². The molecule has 2 aliphatic heterocycles. The Morgan fingerprint density at radius 1 is 0.717 bits per heavy atom. The van der Waals surface area contributed by atoms with Crippen LogP contribution in [0.25, 0.3) is 0 Å². The van der Waals surface area contributed by atoms with Gasteiger partial charge < -0.3 is 19.3 Å². The van der Waals surface area contributed by atoms with Gasteiger partial charge in [0.2, 0.25) is 0 Å². The molecule has 0 radical (unpaired) electrons. The molecule has 5 unspecified atom stereocenters. The number of ether oxygens (including phenoxy) is 3. The third-order valence-corrected chi connectivity index (χ3v) is 10.7. The van der Waals surface area contributed by atoms with Crippen LogP contribution < -0.4 is 0 Å². The minimum atomic E-state index is -1.31. The van der Waals surface area contributed by atoms with Crippen molar-refractivity contribution in [2.75, 3.05) is 6.61 Å². The Kier molecular flexibility index (Phi) is 10.6. The molecule has 1 saturated heterocycles. The van der Waals surface area contributed by atoms with E-state index >= 15 is 0 Å². The molecule has 0 aromatic heterocycles. The van der Waals surface area contributed by atoms with E-state index in [9.17, 15) is 14.7 Å². The number of fused-ring (bicyclic) bond motifs is 1. The fourth-order valence-electron chi connectivity index (χ4n) is 5.51. The summed E-state index contributed by atoms with van der Waals surface area (Å²) in [6.07, 6.45) is -3.28. The summed E-state index contributed by atoms with van der Waals surface area (Å²) in [6, 6.07) is 27.2. The van der Waals surface area contributed by atoms with Crippen LogP contribution in [0.4, 0.5) is 0 Å². The van der Waals surface area contributed by atoms with Crippen LogP contribution in [-0.2, 0) is 27.4 Å². The number of nitrogens with zero attached hydrogens (tertiary/aromatic N) is 1. The molecule has 0 saturated carbocycles. The summed E-state index contributed by atoms with van der Waals surface area (Å²) >= 11 is 26.8. The number of aliphatic hydroxyl groups is 1. The maximum absolute atomic E-state index is 14.1. The summed E-state index contributed by atoms with van der Waals surface area (Å²) in [5.41, 5.74) is 0.548. The summed E-state index contributed by atoms with van der Waals surface area (Å²) in [5.74, 6) is -1.51. The first-order valence-corrected chi connectivity index (χ1v) is 16.7.